The number of carboxylic acid groups (broad SMARTS) is 1. The fourth-order valence-corrected chi connectivity index (χ4v) is 6.83. The summed E-state index contributed by atoms with van der Waals surface area (Å²) in [5, 5.41) is 27.8. The number of β-lactam (4-membered cyclic amide) rings is 1. The second-order valence-corrected chi connectivity index (χ2v) is 12.5. The third-order valence-corrected chi connectivity index (χ3v) is 9.15. The summed E-state index contributed by atoms with van der Waals surface area (Å²) in [6, 6.07) is 3.40. The molecule has 4 atom stereocenters. The number of esters is 2. The summed E-state index contributed by atoms with van der Waals surface area (Å²) in [6.45, 7) is 2.44. The van der Waals surface area contributed by atoms with Crippen LogP contribution in [0, 0.1) is 10.1 Å². The molecule has 2 aromatic rings. The van der Waals surface area contributed by atoms with E-state index in [1.807, 2.05) is 0 Å². The number of nitrogens with zero attached hydrogens (tertiary/aromatic N) is 4. The van der Waals surface area contributed by atoms with Crippen LogP contribution in [0.1, 0.15) is 31.5 Å². The SMILES string of the molecule is CC(C)(ON=C(C(=O)N[C@@H]1C(=O)N2[C@@H]1CS[C@@H]1CC(=O)O[C@]12C(=O)O)c1csc(N)n1)C(=O)OCc1ccc([N+](=O)[O-])cc1. The Morgan fingerprint density at radius 3 is 2.64 bits per heavy atom. The number of carbonyl (C=O) groups excluding carboxylic acids is 4. The van der Waals surface area contributed by atoms with Gasteiger partial charge in [-0.3, -0.25) is 29.4 Å². The van der Waals surface area contributed by atoms with Crippen molar-refractivity contribution < 1.29 is 48.3 Å². The van der Waals surface area contributed by atoms with Crippen LogP contribution in [0.4, 0.5) is 10.8 Å². The topological polar surface area (TPSA) is 243 Å². The minimum absolute atomic E-state index is 0.0199. The predicted octanol–water partition coefficient (Wildman–Crippen LogP) is 0.415. The number of thiazole rings is 1. The van der Waals surface area contributed by atoms with Gasteiger partial charge >= 0.3 is 17.9 Å². The molecule has 232 valence electrons. The van der Waals surface area contributed by atoms with Gasteiger partial charge in [0.05, 0.1) is 22.6 Å². The van der Waals surface area contributed by atoms with Crippen molar-refractivity contribution in [3.05, 3.63) is 51.0 Å². The average molecular weight is 649 g/mol. The number of ether oxygens (including phenoxy) is 2. The third-order valence-electron chi connectivity index (χ3n) is 7.05. The number of nitrogens with one attached hydrogen (secondary N) is 1. The summed E-state index contributed by atoms with van der Waals surface area (Å²) in [6.07, 6.45) is -0.171. The van der Waals surface area contributed by atoms with Crippen LogP contribution in [-0.2, 0) is 44.9 Å². The van der Waals surface area contributed by atoms with E-state index in [0.717, 1.165) is 28.0 Å². The Bertz CT molecular complexity index is 1590. The highest BCUT2D eigenvalue weighted by Gasteiger charge is 2.71. The maximum atomic E-state index is 13.4. The number of carbonyl (C=O) groups is 5. The number of anilines is 1. The Balaban J connectivity index is 1.29. The first-order valence-corrected chi connectivity index (χ1v) is 14.8. The molecule has 3 fully saturated rings. The first-order chi connectivity index (χ1) is 20.7. The highest BCUT2D eigenvalue weighted by molar-refractivity contribution is 8.00. The van der Waals surface area contributed by atoms with E-state index < -0.39 is 69.0 Å². The minimum atomic E-state index is -2.16. The number of benzene rings is 1. The Morgan fingerprint density at radius 2 is 2.02 bits per heavy atom. The fraction of sp³-hybridized carbons (Fsp3) is 0.400. The number of nitrogens with two attached hydrogens (primary N) is 1. The molecule has 1 aromatic carbocycles. The smallest absolute Gasteiger partial charge is 0.371 e. The fourth-order valence-electron chi connectivity index (χ4n) is 4.77. The van der Waals surface area contributed by atoms with Crippen molar-refractivity contribution in [2.75, 3.05) is 11.5 Å². The van der Waals surface area contributed by atoms with Crippen LogP contribution in [0.5, 0.6) is 0 Å². The molecule has 1 aromatic heterocycles. The highest BCUT2D eigenvalue weighted by Crippen LogP contribution is 2.49. The van der Waals surface area contributed by atoms with Gasteiger partial charge in [-0.2, -0.15) is 0 Å². The number of rotatable bonds is 10. The van der Waals surface area contributed by atoms with Gasteiger partial charge in [-0.15, -0.1) is 23.1 Å². The number of thioether (sulfide) groups is 1. The number of hydrogen-bond donors (Lipinski definition) is 3. The van der Waals surface area contributed by atoms with E-state index in [0.29, 0.717) is 5.56 Å². The number of non-ortho nitro benzene ring substituents is 1. The number of aliphatic carboxylic acids is 1. The number of nitro groups is 1. The summed E-state index contributed by atoms with van der Waals surface area (Å²) >= 11 is 2.15. The van der Waals surface area contributed by atoms with Gasteiger partial charge in [0.15, 0.2) is 10.8 Å². The van der Waals surface area contributed by atoms with Crippen LogP contribution in [0.15, 0.2) is 34.8 Å². The summed E-state index contributed by atoms with van der Waals surface area (Å²) < 4.78 is 10.4. The lowest BCUT2D eigenvalue weighted by molar-refractivity contribution is -0.384. The van der Waals surface area contributed by atoms with Crippen molar-refractivity contribution in [3.8, 4) is 0 Å². The number of aromatic nitrogens is 1. The molecular formula is C25H24N6O11S2. The molecule has 0 aliphatic carbocycles. The first kappa shape index (κ1) is 30.7. The lowest BCUT2D eigenvalue weighted by Crippen LogP contribution is -2.82. The molecule has 19 heteroatoms. The van der Waals surface area contributed by atoms with Crippen molar-refractivity contribution in [1.29, 1.82) is 0 Å². The normalized spacial score (nSPS) is 24.4. The van der Waals surface area contributed by atoms with Crippen LogP contribution in [-0.4, -0.2) is 89.8 Å². The van der Waals surface area contributed by atoms with Crippen molar-refractivity contribution in [3.63, 3.8) is 0 Å². The maximum Gasteiger partial charge on any atom is 0.371 e. The highest BCUT2D eigenvalue weighted by atomic mass is 32.2. The average Bonchev–Trinajstić information content (AvgIpc) is 3.56. The predicted molar refractivity (Wildman–Crippen MR) is 151 cm³/mol. The van der Waals surface area contributed by atoms with Crippen molar-refractivity contribution in [2.45, 2.75) is 55.5 Å². The third kappa shape index (κ3) is 5.39. The number of nitrogen functional groups attached to an aromatic ring is 1. The first-order valence-electron chi connectivity index (χ1n) is 12.8. The van der Waals surface area contributed by atoms with Crippen molar-refractivity contribution in [2.24, 2.45) is 5.16 Å². The minimum Gasteiger partial charge on any atom is -0.477 e. The summed E-state index contributed by atoms with van der Waals surface area (Å²) in [5.41, 5.74) is 1.74. The molecule has 5 rings (SSSR count). The van der Waals surface area contributed by atoms with Gasteiger partial charge < -0.3 is 30.5 Å². The molecular weight excluding hydrogens is 624 g/mol. The van der Waals surface area contributed by atoms with E-state index in [2.05, 4.69) is 15.5 Å². The summed E-state index contributed by atoms with van der Waals surface area (Å²) in [4.78, 5) is 84.1. The van der Waals surface area contributed by atoms with E-state index in [9.17, 15) is 39.2 Å². The lowest BCUT2D eigenvalue weighted by atomic mass is 9.89. The zero-order valence-corrected chi connectivity index (χ0v) is 24.6. The van der Waals surface area contributed by atoms with Crippen molar-refractivity contribution >= 4 is 69.4 Å². The summed E-state index contributed by atoms with van der Waals surface area (Å²) in [7, 11) is 0. The second-order valence-electron chi connectivity index (χ2n) is 10.3. The molecule has 0 saturated carbocycles. The number of carboxylic acids is 1. The quantitative estimate of drug-likeness (QED) is 0.104. The molecule has 3 aliphatic heterocycles. The van der Waals surface area contributed by atoms with Gasteiger partial charge in [0.2, 0.25) is 5.60 Å². The zero-order valence-electron chi connectivity index (χ0n) is 23.0. The standard InChI is InChI=1S/C25H24N6O11S2/c1-24(2,22(37)40-8-11-3-5-12(6-4-11)31(38)39)42-29-17(13-9-44-23(26)27-13)19(33)28-18-14-10-43-15-7-16(32)41-25(15,21(35)36)30(14)20(18)34/h3-6,9,14-15,18H,7-8,10H2,1-2H3,(H2,26,27)(H,28,33)(H,35,36)/t14-,15-,18+,25+/m1/s1. The van der Waals surface area contributed by atoms with E-state index in [-0.39, 0.29) is 35.3 Å². The van der Waals surface area contributed by atoms with E-state index in [4.69, 9.17) is 20.0 Å². The van der Waals surface area contributed by atoms with Gasteiger partial charge in [0, 0.05) is 23.3 Å². The monoisotopic (exact) mass is 648 g/mol. The van der Waals surface area contributed by atoms with Crippen LogP contribution < -0.4 is 11.1 Å². The van der Waals surface area contributed by atoms with Crippen LogP contribution in [0.25, 0.3) is 0 Å². The maximum absolute atomic E-state index is 13.4. The van der Waals surface area contributed by atoms with Gasteiger partial charge in [-0.1, -0.05) is 5.16 Å². The molecule has 0 unspecified atom stereocenters. The largest absolute Gasteiger partial charge is 0.477 e. The Morgan fingerprint density at radius 1 is 1.32 bits per heavy atom. The summed E-state index contributed by atoms with van der Waals surface area (Å²) in [5.74, 6) is -4.57. The van der Waals surface area contributed by atoms with E-state index >= 15 is 0 Å². The van der Waals surface area contributed by atoms with Gasteiger partial charge in [0.1, 0.15) is 18.3 Å². The molecule has 44 heavy (non-hydrogen) atoms. The Labute approximate surface area is 255 Å². The van der Waals surface area contributed by atoms with Crippen LogP contribution in [0.2, 0.25) is 0 Å². The number of oxime groups is 1. The van der Waals surface area contributed by atoms with Gasteiger partial charge in [-0.25, -0.2) is 14.6 Å². The van der Waals surface area contributed by atoms with Crippen LogP contribution in [0.3, 0.4) is 0 Å². The molecule has 2 amide bonds. The lowest BCUT2D eigenvalue weighted by Gasteiger charge is -2.56. The number of nitro benzene ring substituents is 1. The van der Waals surface area contributed by atoms with Gasteiger partial charge in [-0.05, 0) is 31.5 Å². The van der Waals surface area contributed by atoms with Gasteiger partial charge in [0.25, 0.3) is 23.2 Å². The number of amides is 2. The molecule has 17 nitrogen and oxygen atoms in total. The Hall–Kier alpha value is -4.78. The van der Waals surface area contributed by atoms with E-state index in [1.54, 1.807) is 0 Å². The molecule has 4 N–H and O–H groups in total. The van der Waals surface area contributed by atoms with Crippen LogP contribution >= 0.6 is 23.1 Å². The second kappa shape index (κ2) is 11.4. The molecule has 3 aliphatic rings. The number of fused-ring (bicyclic) bond motifs is 3. The molecule has 0 bridgehead atoms. The molecule has 0 spiro atoms. The van der Waals surface area contributed by atoms with E-state index in [1.165, 1.54) is 43.5 Å². The number of hydrogen-bond acceptors (Lipinski definition) is 15. The molecule has 4 heterocycles. The molecule has 3 saturated heterocycles. The molecule has 0 radical (unpaired) electrons. The Kier molecular flexibility index (Phi) is 7.93. The zero-order chi connectivity index (χ0) is 32.0. The van der Waals surface area contributed by atoms with Crippen molar-refractivity contribution in [1.82, 2.24) is 15.2 Å².